The lowest BCUT2D eigenvalue weighted by Crippen LogP contribution is -2.43. The molecule has 1 spiro atoms. The van der Waals surface area contributed by atoms with Gasteiger partial charge in [0.2, 0.25) is 0 Å². The Morgan fingerprint density at radius 1 is 1.42 bits per heavy atom. The topological polar surface area (TPSA) is 20.2 Å². The average Bonchev–Trinajstić information content (AvgIpc) is 1.91. The molecule has 2 fully saturated rings. The summed E-state index contributed by atoms with van der Waals surface area (Å²) in [5.41, 5.74) is 0.653. The molecule has 1 unspecified atom stereocenters. The Morgan fingerprint density at radius 2 is 2.08 bits per heavy atom. The summed E-state index contributed by atoms with van der Waals surface area (Å²) in [6.07, 6.45) is 6.22. The highest BCUT2D eigenvalue weighted by atomic mass is 19.1. The van der Waals surface area contributed by atoms with Gasteiger partial charge in [0, 0.05) is 0 Å². The third kappa shape index (κ3) is 1.37. The van der Waals surface area contributed by atoms with Gasteiger partial charge in [-0.25, -0.2) is 4.39 Å². The van der Waals surface area contributed by atoms with Crippen LogP contribution in [0.15, 0.2) is 0 Å². The lowest BCUT2D eigenvalue weighted by Gasteiger charge is -2.54. The first-order valence-corrected chi connectivity index (χ1v) is 4.99. The average molecular weight is 172 g/mol. The van der Waals surface area contributed by atoms with Gasteiger partial charge in [-0.05, 0) is 43.4 Å². The predicted octanol–water partition coefficient (Wildman–Crippen LogP) is 2.29. The molecule has 0 amide bonds. The third-order valence-electron chi connectivity index (χ3n) is 3.64. The first-order valence-electron chi connectivity index (χ1n) is 4.99. The Balaban J connectivity index is 1.67. The number of hydrogen-bond acceptors (Lipinski definition) is 1. The SMILES string of the molecule is OCC(F)CC1CC2(CCC2)C1. The van der Waals surface area contributed by atoms with E-state index >= 15 is 0 Å². The summed E-state index contributed by atoms with van der Waals surface area (Å²) in [4.78, 5) is 0. The summed E-state index contributed by atoms with van der Waals surface area (Å²) < 4.78 is 12.7. The van der Waals surface area contributed by atoms with Crippen molar-refractivity contribution in [1.29, 1.82) is 0 Å². The van der Waals surface area contributed by atoms with Crippen LogP contribution in [0.25, 0.3) is 0 Å². The highest BCUT2D eigenvalue weighted by Crippen LogP contribution is 2.59. The highest BCUT2D eigenvalue weighted by molar-refractivity contribution is 4.99. The molecule has 2 aliphatic carbocycles. The Labute approximate surface area is 73.0 Å². The van der Waals surface area contributed by atoms with Crippen LogP contribution in [0, 0.1) is 11.3 Å². The zero-order chi connectivity index (χ0) is 8.60. The van der Waals surface area contributed by atoms with E-state index in [-0.39, 0.29) is 6.61 Å². The highest BCUT2D eigenvalue weighted by Gasteiger charge is 2.48. The number of aliphatic hydroxyl groups excluding tert-OH is 1. The van der Waals surface area contributed by atoms with Crippen LogP contribution in [-0.4, -0.2) is 17.9 Å². The lowest BCUT2D eigenvalue weighted by atomic mass is 9.51. The molecule has 2 heteroatoms. The molecule has 2 aliphatic rings. The molecule has 2 rings (SSSR count). The molecule has 1 atom stereocenters. The second-order valence-corrected chi connectivity index (χ2v) is 4.64. The van der Waals surface area contributed by atoms with E-state index in [1.807, 2.05) is 0 Å². The fraction of sp³-hybridized carbons (Fsp3) is 1.00. The van der Waals surface area contributed by atoms with E-state index in [1.165, 1.54) is 32.1 Å². The van der Waals surface area contributed by atoms with Gasteiger partial charge in [-0.2, -0.15) is 0 Å². The zero-order valence-electron chi connectivity index (χ0n) is 7.43. The molecule has 0 aromatic heterocycles. The van der Waals surface area contributed by atoms with Gasteiger partial charge in [0.05, 0.1) is 6.61 Å². The molecule has 0 saturated heterocycles. The van der Waals surface area contributed by atoms with Gasteiger partial charge in [-0.3, -0.25) is 0 Å². The Morgan fingerprint density at radius 3 is 2.50 bits per heavy atom. The standard InChI is InChI=1S/C10H17FO/c11-9(7-12)4-8-5-10(6-8)2-1-3-10/h8-9,12H,1-7H2. The minimum absolute atomic E-state index is 0.288. The van der Waals surface area contributed by atoms with Gasteiger partial charge in [0.15, 0.2) is 0 Å². The number of hydrogen-bond donors (Lipinski definition) is 1. The van der Waals surface area contributed by atoms with Crippen LogP contribution in [0.5, 0.6) is 0 Å². The largest absolute Gasteiger partial charge is 0.393 e. The van der Waals surface area contributed by atoms with Crippen LogP contribution < -0.4 is 0 Å². The molecule has 0 radical (unpaired) electrons. The van der Waals surface area contributed by atoms with Gasteiger partial charge in [-0.1, -0.05) is 6.42 Å². The van der Waals surface area contributed by atoms with Gasteiger partial charge in [0.1, 0.15) is 6.17 Å². The van der Waals surface area contributed by atoms with Crippen molar-refractivity contribution in [1.82, 2.24) is 0 Å². The van der Waals surface area contributed by atoms with E-state index in [4.69, 9.17) is 5.11 Å². The van der Waals surface area contributed by atoms with E-state index < -0.39 is 6.17 Å². The van der Waals surface area contributed by atoms with Crippen molar-refractivity contribution in [2.24, 2.45) is 11.3 Å². The Kier molecular flexibility index (Phi) is 2.11. The summed E-state index contributed by atoms with van der Waals surface area (Å²) in [5.74, 6) is 0.576. The van der Waals surface area contributed by atoms with Crippen molar-refractivity contribution in [3.05, 3.63) is 0 Å². The van der Waals surface area contributed by atoms with Crippen LogP contribution in [0.3, 0.4) is 0 Å². The Bertz CT molecular complexity index is 154. The molecule has 1 N–H and O–H groups in total. The minimum atomic E-state index is -0.965. The van der Waals surface area contributed by atoms with Crippen LogP contribution >= 0.6 is 0 Å². The monoisotopic (exact) mass is 172 g/mol. The lowest BCUT2D eigenvalue weighted by molar-refractivity contribution is -0.0395. The fourth-order valence-electron chi connectivity index (χ4n) is 2.85. The summed E-state index contributed by atoms with van der Waals surface area (Å²) in [5, 5.41) is 8.53. The number of rotatable bonds is 3. The van der Waals surface area contributed by atoms with E-state index in [0.717, 1.165) is 0 Å². The maximum Gasteiger partial charge on any atom is 0.123 e. The summed E-state index contributed by atoms with van der Waals surface area (Å²) >= 11 is 0. The van der Waals surface area contributed by atoms with E-state index in [2.05, 4.69) is 0 Å². The smallest absolute Gasteiger partial charge is 0.123 e. The van der Waals surface area contributed by atoms with Crippen molar-refractivity contribution in [3.63, 3.8) is 0 Å². The molecule has 0 aromatic carbocycles. The molecule has 0 bridgehead atoms. The van der Waals surface area contributed by atoms with Crippen LogP contribution in [0.1, 0.15) is 38.5 Å². The molecular weight excluding hydrogens is 155 g/mol. The number of alkyl halides is 1. The maximum absolute atomic E-state index is 12.7. The van der Waals surface area contributed by atoms with E-state index in [1.54, 1.807) is 0 Å². The molecular formula is C10H17FO. The quantitative estimate of drug-likeness (QED) is 0.692. The Hall–Kier alpha value is -0.110. The fourth-order valence-corrected chi connectivity index (χ4v) is 2.85. The van der Waals surface area contributed by atoms with Crippen molar-refractivity contribution in [3.8, 4) is 0 Å². The van der Waals surface area contributed by atoms with Crippen LogP contribution in [0.2, 0.25) is 0 Å². The molecule has 1 nitrogen and oxygen atoms in total. The van der Waals surface area contributed by atoms with E-state index in [0.29, 0.717) is 17.8 Å². The first-order chi connectivity index (χ1) is 5.74. The van der Waals surface area contributed by atoms with Gasteiger partial charge in [0.25, 0.3) is 0 Å². The summed E-state index contributed by atoms with van der Waals surface area (Å²) in [6, 6.07) is 0. The van der Waals surface area contributed by atoms with Crippen molar-refractivity contribution in [2.45, 2.75) is 44.7 Å². The predicted molar refractivity (Wildman–Crippen MR) is 45.6 cm³/mol. The number of halogens is 1. The van der Waals surface area contributed by atoms with Gasteiger partial charge >= 0.3 is 0 Å². The van der Waals surface area contributed by atoms with Crippen LogP contribution in [0.4, 0.5) is 4.39 Å². The van der Waals surface area contributed by atoms with Crippen molar-refractivity contribution in [2.75, 3.05) is 6.61 Å². The van der Waals surface area contributed by atoms with E-state index in [9.17, 15) is 4.39 Å². The second kappa shape index (κ2) is 2.99. The summed E-state index contributed by atoms with van der Waals surface area (Å²) in [6.45, 7) is -0.288. The third-order valence-corrected chi connectivity index (χ3v) is 3.64. The normalized spacial score (nSPS) is 29.5. The zero-order valence-corrected chi connectivity index (χ0v) is 7.43. The number of aliphatic hydroxyl groups is 1. The van der Waals surface area contributed by atoms with Gasteiger partial charge < -0.3 is 5.11 Å². The minimum Gasteiger partial charge on any atom is -0.393 e. The van der Waals surface area contributed by atoms with Crippen molar-refractivity contribution >= 4 is 0 Å². The molecule has 12 heavy (non-hydrogen) atoms. The van der Waals surface area contributed by atoms with Gasteiger partial charge in [-0.15, -0.1) is 0 Å². The van der Waals surface area contributed by atoms with Crippen molar-refractivity contribution < 1.29 is 9.50 Å². The molecule has 0 aromatic rings. The molecule has 0 heterocycles. The second-order valence-electron chi connectivity index (χ2n) is 4.64. The maximum atomic E-state index is 12.7. The molecule has 2 saturated carbocycles. The van der Waals surface area contributed by atoms with Crippen LogP contribution in [-0.2, 0) is 0 Å². The first kappa shape index (κ1) is 8.49. The molecule has 70 valence electrons. The summed E-state index contributed by atoms with van der Waals surface area (Å²) in [7, 11) is 0. The molecule has 0 aliphatic heterocycles.